The van der Waals surface area contributed by atoms with Gasteiger partial charge in [-0.3, -0.25) is 0 Å². The summed E-state index contributed by atoms with van der Waals surface area (Å²) >= 11 is 0. The molecule has 0 saturated heterocycles. The number of benzene rings is 1. The molecular formula is C13H15F2N3O. The molecule has 1 aliphatic carbocycles. The maximum atomic E-state index is 13.7. The van der Waals surface area contributed by atoms with Crippen molar-refractivity contribution in [2.24, 2.45) is 0 Å². The normalized spacial score (nSPS) is 23.3. The summed E-state index contributed by atoms with van der Waals surface area (Å²) in [5.41, 5.74) is 6.40. The van der Waals surface area contributed by atoms with Gasteiger partial charge in [0.25, 0.3) is 0 Å². The Morgan fingerprint density at radius 3 is 2.84 bits per heavy atom. The fourth-order valence-electron chi connectivity index (χ4n) is 2.89. The second kappa shape index (κ2) is 4.45. The SMILES string of the molecule is COC1CCC(n2c(N)nc3c(F)cc(F)cc32)C1. The van der Waals surface area contributed by atoms with Gasteiger partial charge in [0.2, 0.25) is 5.95 Å². The standard InChI is InChI=1S/C13H15F2N3O/c1-19-9-3-2-8(6-9)18-11-5-7(14)4-10(15)12(11)17-13(18)16/h4-5,8-9H,2-3,6H2,1H3,(H2,16,17). The van der Waals surface area contributed by atoms with E-state index in [1.807, 2.05) is 0 Å². The smallest absolute Gasteiger partial charge is 0.201 e. The number of hydrogen-bond donors (Lipinski definition) is 1. The zero-order valence-corrected chi connectivity index (χ0v) is 10.6. The summed E-state index contributed by atoms with van der Waals surface area (Å²) in [6.07, 6.45) is 2.73. The third-order valence-corrected chi connectivity index (χ3v) is 3.80. The lowest BCUT2D eigenvalue weighted by Gasteiger charge is -2.15. The van der Waals surface area contributed by atoms with E-state index in [0.717, 1.165) is 25.3 Å². The molecule has 0 radical (unpaired) electrons. The van der Waals surface area contributed by atoms with E-state index in [0.29, 0.717) is 5.52 Å². The summed E-state index contributed by atoms with van der Waals surface area (Å²) in [5.74, 6) is -1.07. The molecule has 2 aromatic rings. The first-order valence-electron chi connectivity index (χ1n) is 6.25. The van der Waals surface area contributed by atoms with Crippen molar-refractivity contribution in [1.82, 2.24) is 9.55 Å². The van der Waals surface area contributed by atoms with Crippen molar-refractivity contribution in [3.8, 4) is 0 Å². The second-order valence-electron chi connectivity index (χ2n) is 4.92. The quantitative estimate of drug-likeness (QED) is 0.910. The van der Waals surface area contributed by atoms with E-state index in [2.05, 4.69) is 4.98 Å². The molecule has 3 rings (SSSR count). The van der Waals surface area contributed by atoms with E-state index < -0.39 is 11.6 Å². The molecule has 2 atom stereocenters. The van der Waals surface area contributed by atoms with Gasteiger partial charge in [-0.15, -0.1) is 0 Å². The molecule has 1 fully saturated rings. The van der Waals surface area contributed by atoms with Crippen LogP contribution in [0, 0.1) is 11.6 Å². The van der Waals surface area contributed by atoms with Gasteiger partial charge in [0.1, 0.15) is 11.3 Å². The molecule has 1 saturated carbocycles. The highest BCUT2D eigenvalue weighted by Gasteiger charge is 2.29. The Labute approximate surface area is 109 Å². The predicted molar refractivity (Wildman–Crippen MR) is 67.7 cm³/mol. The molecule has 0 aliphatic heterocycles. The Morgan fingerprint density at radius 1 is 1.37 bits per heavy atom. The van der Waals surface area contributed by atoms with E-state index in [1.165, 1.54) is 6.07 Å². The van der Waals surface area contributed by atoms with Crippen molar-refractivity contribution >= 4 is 17.0 Å². The number of fused-ring (bicyclic) bond motifs is 1. The fourth-order valence-corrected chi connectivity index (χ4v) is 2.89. The number of hydrogen-bond acceptors (Lipinski definition) is 3. The lowest BCUT2D eigenvalue weighted by atomic mass is 10.2. The van der Waals surface area contributed by atoms with Crippen LogP contribution in [0.2, 0.25) is 0 Å². The molecule has 2 unspecified atom stereocenters. The number of anilines is 1. The van der Waals surface area contributed by atoms with E-state index in [1.54, 1.807) is 11.7 Å². The predicted octanol–water partition coefficient (Wildman–Crippen LogP) is 2.64. The molecule has 0 spiro atoms. The first-order chi connectivity index (χ1) is 9.10. The summed E-state index contributed by atoms with van der Waals surface area (Å²) in [5, 5.41) is 0. The maximum Gasteiger partial charge on any atom is 0.201 e. The Hall–Kier alpha value is -1.69. The van der Waals surface area contributed by atoms with Crippen molar-refractivity contribution in [1.29, 1.82) is 0 Å². The molecular weight excluding hydrogens is 252 g/mol. The molecule has 19 heavy (non-hydrogen) atoms. The zero-order chi connectivity index (χ0) is 13.6. The summed E-state index contributed by atoms with van der Waals surface area (Å²) in [7, 11) is 1.67. The molecule has 1 heterocycles. The minimum atomic E-state index is -0.679. The minimum Gasteiger partial charge on any atom is -0.381 e. The number of methoxy groups -OCH3 is 1. The highest BCUT2D eigenvalue weighted by molar-refractivity contribution is 5.79. The van der Waals surface area contributed by atoms with Crippen molar-refractivity contribution in [3.05, 3.63) is 23.8 Å². The van der Waals surface area contributed by atoms with Gasteiger partial charge in [-0.25, -0.2) is 13.8 Å². The van der Waals surface area contributed by atoms with Crippen LogP contribution in [-0.4, -0.2) is 22.8 Å². The molecule has 0 amide bonds. The van der Waals surface area contributed by atoms with Gasteiger partial charge < -0.3 is 15.0 Å². The van der Waals surface area contributed by atoms with Gasteiger partial charge in [-0.2, -0.15) is 0 Å². The van der Waals surface area contributed by atoms with Crippen LogP contribution in [0.15, 0.2) is 12.1 Å². The lowest BCUT2D eigenvalue weighted by molar-refractivity contribution is 0.106. The molecule has 2 N–H and O–H groups in total. The zero-order valence-electron chi connectivity index (χ0n) is 10.6. The van der Waals surface area contributed by atoms with E-state index >= 15 is 0 Å². The Kier molecular flexibility index (Phi) is 2.89. The number of ether oxygens (including phenoxy) is 1. The van der Waals surface area contributed by atoms with Crippen molar-refractivity contribution in [3.63, 3.8) is 0 Å². The average Bonchev–Trinajstić information content (AvgIpc) is 2.93. The average molecular weight is 267 g/mol. The number of nitrogen functional groups attached to an aromatic ring is 1. The highest BCUT2D eigenvalue weighted by Crippen LogP contribution is 2.36. The summed E-state index contributed by atoms with van der Waals surface area (Å²) in [6, 6.07) is 2.18. The topological polar surface area (TPSA) is 53.1 Å². The molecule has 102 valence electrons. The van der Waals surface area contributed by atoms with Crippen LogP contribution in [0.5, 0.6) is 0 Å². The number of nitrogens with two attached hydrogens (primary N) is 1. The maximum absolute atomic E-state index is 13.7. The third kappa shape index (κ3) is 1.96. The number of aromatic nitrogens is 2. The monoisotopic (exact) mass is 267 g/mol. The van der Waals surface area contributed by atoms with E-state index in [4.69, 9.17) is 10.5 Å². The summed E-state index contributed by atoms with van der Waals surface area (Å²) in [4.78, 5) is 4.01. The Balaban J connectivity index is 2.11. The molecule has 1 aromatic carbocycles. The Morgan fingerprint density at radius 2 is 2.16 bits per heavy atom. The van der Waals surface area contributed by atoms with E-state index in [-0.39, 0.29) is 23.6 Å². The van der Waals surface area contributed by atoms with Crippen LogP contribution in [0.4, 0.5) is 14.7 Å². The third-order valence-electron chi connectivity index (χ3n) is 3.80. The molecule has 1 aliphatic rings. The number of nitrogens with zero attached hydrogens (tertiary/aromatic N) is 2. The highest BCUT2D eigenvalue weighted by atomic mass is 19.1. The number of halogens is 2. The van der Waals surface area contributed by atoms with Crippen molar-refractivity contribution in [2.45, 2.75) is 31.4 Å². The lowest BCUT2D eigenvalue weighted by Crippen LogP contribution is -2.11. The second-order valence-corrected chi connectivity index (χ2v) is 4.92. The van der Waals surface area contributed by atoms with Crippen LogP contribution in [-0.2, 0) is 4.74 Å². The van der Waals surface area contributed by atoms with Crippen LogP contribution < -0.4 is 5.73 Å². The van der Waals surface area contributed by atoms with Gasteiger partial charge in [-0.1, -0.05) is 0 Å². The van der Waals surface area contributed by atoms with Crippen LogP contribution in [0.3, 0.4) is 0 Å². The number of imidazole rings is 1. The van der Waals surface area contributed by atoms with Gasteiger partial charge in [0, 0.05) is 25.3 Å². The van der Waals surface area contributed by atoms with E-state index in [9.17, 15) is 8.78 Å². The first kappa shape index (κ1) is 12.3. The largest absolute Gasteiger partial charge is 0.381 e. The van der Waals surface area contributed by atoms with Gasteiger partial charge in [0.05, 0.1) is 11.6 Å². The van der Waals surface area contributed by atoms with Gasteiger partial charge in [-0.05, 0) is 19.3 Å². The fraction of sp³-hybridized carbons (Fsp3) is 0.462. The minimum absolute atomic E-state index is 0.0798. The summed E-state index contributed by atoms with van der Waals surface area (Å²) in [6.45, 7) is 0. The molecule has 4 nitrogen and oxygen atoms in total. The Bertz CT molecular complexity index is 626. The summed E-state index contributed by atoms with van der Waals surface area (Å²) < 4.78 is 34.1. The van der Waals surface area contributed by atoms with Crippen LogP contribution in [0.1, 0.15) is 25.3 Å². The number of rotatable bonds is 2. The molecule has 0 bridgehead atoms. The van der Waals surface area contributed by atoms with Crippen molar-refractivity contribution in [2.75, 3.05) is 12.8 Å². The molecule has 1 aromatic heterocycles. The first-order valence-corrected chi connectivity index (χ1v) is 6.25. The van der Waals surface area contributed by atoms with Crippen molar-refractivity contribution < 1.29 is 13.5 Å². The molecule has 6 heteroatoms. The van der Waals surface area contributed by atoms with Gasteiger partial charge >= 0.3 is 0 Å². The van der Waals surface area contributed by atoms with Gasteiger partial charge in [0.15, 0.2) is 5.82 Å². The van der Waals surface area contributed by atoms with Crippen LogP contribution in [0.25, 0.3) is 11.0 Å². The van der Waals surface area contributed by atoms with Crippen LogP contribution >= 0.6 is 0 Å².